The minimum absolute atomic E-state index is 0.102. The van der Waals surface area contributed by atoms with E-state index in [1.165, 1.54) is 11.3 Å². The summed E-state index contributed by atoms with van der Waals surface area (Å²) < 4.78 is 32.4. The molecule has 0 saturated carbocycles. The van der Waals surface area contributed by atoms with Crippen LogP contribution in [-0.4, -0.2) is 19.0 Å². The van der Waals surface area contributed by atoms with Crippen LogP contribution in [0.4, 0.5) is 0 Å². The van der Waals surface area contributed by atoms with Gasteiger partial charge in [-0.25, -0.2) is 18.1 Å². The second-order valence-corrected chi connectivity index (χ2v) is 8.45. The van der Waals surface area contributed by atoms with Crippen LogP contribution in [0.2, 0.25) is 0 Å². The monoisotopic (exact) mass is 340 g/mol. The standard InChI is InChI=1S/C15H20N2O3S2/c1-15(2,3)20-14-6-4-5-12(7-14)8-17-22(18,19)10-13-9-21-11-16-13/h4-7,9,11,17H,8,10H2,1-3H3. The number of ether oxygens (including phenoxy) is 1. The van der Waals surface area contributed by atoms with Gasteiger partial charge in [-0.1, -0.05) is 12.1 Å². The number of sulfonamides is 1. The zero-order chi connectivity index (χ0) is 16.2. The first-order chi connectivity index (χ1) is 10.2. The van der Waals surface area contributed by atoms with Gasteiger partial charge in [-0.2, -0.15) is 0 Å². The summed E-state index contributed by atoms with van der Waals surface area (Å²) in [6, 6.07) is 7.42. The predicted molar refractivity (Wildman–Crippen MR) is 88.4 cm³/mol. The van der Waals surface area contributed by atoms with Crippen LogP contribution in [0.5, 0.6) is 5.75 Å². The molecule has 2 rings (SSSR count). The van der Waals surface area contributed by atoms with E-state index in [-0.39, 0.29) is 17.9 Å². The number of aromatic nitrogens is 1. The third-order valence-electron chi connectivity index (χ3n) is 2.64. The smallest absolute Gasteiger partial charge is 0.217 e. The largest absolute Gasteiger partial charge is 0.488 e. The molecule has 0 spiro atoms. The van der Waals surface area contributed by atoms with Gasteiger partial charge in [0.2, 0.25) is 10.0 Å². The molecule has 1 aromatic carbocycles. The molecule has 0 unspecified atom stereocenters. The molecule has 0 aliphatic heterocycles. The summed E-state index contributed by atoms with van der Waals surface area (Å²) in [6.07, 6.45) is 0. The van der Waals surface area contributed by atoms with Gasteiger partial charge in [0.25, 0.3) is 0 Å². The number of nitrogens with one attached hydrogen (secondary N) is 1. The van der Waals surface area contributed by atoms with Crippen LogP contribution in [0.15, 0.2) is 35.2 Å². The molecule has 22 heavy (non-hydrogen) atoms. The van der Waals surface area contributed by atoms with Gasteiger partial charge >= 0.3 is 0 Å². The van der Waals surface area contributed by atoms with Crippen LogP contribution in [0.25, 0.3) is 0 Å². The molecule has 0 atom stereocenters. The Kier molecular flexibility index (Phi) is 5.20. The quantitative estimate of drug-likeness (QED) is 0.878. The number of rotatable bonds is 6. The van der Waals surface area contributed by atoms with E-state index in [1.807, 2.05) is 45.0 Å². The lowest BCUT2D eigenvalue weighted by atomic mass is 10.1. The summed E-state index contributed by atoms with van der Waals surface area (Å²) >= 11 is 1.38. The highest BCUT2D eigenvalue weighted by Gasteiger charge is 2.14. The number of benzene rings is 1. The van der Waals surface area contributed by atoms with Crippen LogP contribution < -0.4 is 9.46 Å². The second kappa shape index (κ2) is 6.76. The Morgan fingerprint density at radius 1 is 1.32 bits per heavy atom. The Morgan fingerprint density at radius 2 is 2.09 bits per heavy atom. The predicted octanol–water partition coefficient (Wildman–Crippen LogP) is 2.94. The molecule has 1 N–H and O–H groups in total. The fourth-order valence-corrected chi connectivity index (χ4v) is 3.52. The molecule has 120 valence electrons. The average molecular weight is 340 g/mol. The lowest BCUT2D eigenvalue weighted by Crippen LogP contribution is -2.25. The Hall–Kier alpha value is -1.44. The van der Waals surface area contributed by atoms with Crippen molar-refractivity contribution in [1.29, 1.82) is 0 Å². The summed E-state index contributed by atoms with van der Waals surface area (Å²) in [7, 11) is -3.40. The summed E-state index contributed by atoms with van der Waals surface area (Å²) in [5, 5.41) is 1.73. The fraction of sp³-hybridized carbons (Fsp3) is 0.400. The first-order valence-electron chi connectivity index (χ1n) is 6.86. The van der Waals surface area contributed by atoms with E-state index in [4.69, 9.17) is 4.74 Å². The molecule has 1 aromatic heterocycles. The summed E-state index contributed by atoms with van der Waals surface area (Å²) in [6.45, 7) is 6.14. The van der Waals surface area contributed by atoms with Crippen LogP contribution in [0.3, 0.4) is 0 Å². The first-order valence-corrected chi connectivity index (χ1v) is 9.45. The summed E-state index contributed by atoms with van der Waals surface area (Å²) in [4.78, 5) is 3.99. The van der Waals surface area contributed by atoms with E-state index in [1.54, 1.807) is 10.9 Å². The highest BCUT2D eigenvalue weighted by Crippen LogP contribution is 2.19. The van der Waals surface area contributed by atoms with Gasteiger partial charge in [0.15, 0.2) is 0 Å². The molecule has 0 bridgehead atoms. The third-order valence-corrected chi connectivity index (χ3v) is 4.54. The van der Waals surface area contributed by atoms with Crippen molar-refractivity contribution in [3.05, 3.63) is 46.4 Å². The number of thiazole rings is 1. The topological polar surface area (TPSA) is 68.3 Å². The minimum atomic E-state index is -3.40. The van der Waals surface area contributed by atoms with Gasteiger partial charge < -0.3 is 4.74 Å². The van der Waals surface area contributed by atoms with Gasteiger partial charge in [0, 0.05) is 11.9 Å². The Morgan fingerprint density at radius 3 is 2.73 bits per heavy atom. The maximum atomic E-state index is 12.0. The minimum Gasteiger partial charge on any atom is -0.488 e. The molecule has 0 saturated heterocycles. The highest BCUT2D eigenvalue weighted by molar-refractivity contribution is 7.88. The van der Waals surface area contributed by atoms with Gasteiger partial charge in [0.1, 0.15) is 17.1 Å². The fourth-order valence-electron chi connectivity index (χ4n) is 1.82. The van der Waals surface area contributed by atoms with E-state index < -0.39 is 10.0 Å². The van der Waals surface area contributed by atoms with Gasteiger partial charge in [-0.15, -0.1) is 11.3 Å². The number of hydrogen-bond donors (Lipinski definition) is 1. The molecule has 0 aliphatic rings. The zero-order valence-corrected chi connectivity index (χ0v) is 14.5. The normalized spacial score (nSPS) is 12.3. The molecule has 0 fully saturated rings. The highest BCUT2D eigenvalue weighted by atomic mass is 32.2. The van der Waals surface area contributed by atoms with Crippen molar-refractivity contribution >= 4 is 21.4 Å². The molecule has 5 nitrogen and oxygen atoms in total. The van der Waals surface area contributed by atoms with Crippen molar-refractivity contribution in [3.63, 3.8) is 0 Å². The maximum absolute atomic E-state index is 12.0. The van der Waals surface area contributed by atoms with E-state index >= 15 is 0 Å². The van der Waals surface area contributed by atoms with Crippen LogP contribution in [-0.2, 0) is 22.3 Å². The van der Waals surface area contributed by atoms with Crippen molar-refractivity contribution in [2.45, 2.75) is 38.7 Å². The van der Waals surface area contributed by atoms with Crippen molar-refractivity contribution in [3.8, 4) is 5.75 Å². The van der Waals surface area contributed by atoms with E-state index in [9.17, 15) is 8.42 Å². The summed E-state index contributed by atoms with van der Waals surface area (Å²) in [5.74, 6) is 0.623. The Balaban J connectivity index is 1.98. The molecular weight excluding hydrogens is 320 g/mol. The van der Waals surface area contributed by atoms with Crippen LogP contribution >= 0.6 is 11.3 Å². The maximum Gasteiger partial charge on any atom is 0.217 e. The molecule has 0 radical (unpaired) electrons. The van der Waals surface area contributed by atoms with Gasteiger partial charge in [-0.05, 0) is 38.5 Å². The summed E-state index contributed by atoms with van der Waals surface area (Å²) in [5.41, 5.74) is 2.74. The van der Waals surface area contributed by atoms with E-state index in [0.717, 1.165) is 11.3 Å². The molecule has 0 aliphatic carbocycles. The molecular formula is C15H20N2O3S2. The molecule has 7 heteroatoms. The lowest BCUT2D eigenvalue weighted by Gasteiger charge is -2.21. The Labute approximate surface area is 135 Å². The average Bonchev–Trinajstić information content (AvgIpc) is 2.87. The van der Waals surface area contributed by atoms with E-state index in [2.05, 4.69) is 9.71 Å². The molecule has 0 amide bonds. The van der Waals surface area contributed by atoms with Gasteiger partial charge in [0.05, 0.1) is 11.2 Å². The van der Waals surface area contributed by atoms with Crippen LogP contribution in [0.1, 0.15) is 32.0 Å². The first kappa shape index (κ1) is 16.9. The number of nitrogens with zero attached hydrogens (tertiary/aromatic N) is 1. The second-order valence-electron chi connectivity index (χ2n) is 5.92. The number of hydrogen-bond acceptors (Lipinski definition) is 5. The third kappa shape index (κ3) is 5.75. The van der Waals surface area contributed by atoms with Crippen molar-refractivity contribution < 1.29 is 13.2 Å². The van der Waals surface area contributed by atoms with Crippen molar-refractivity contribution in [2.24, 2.45) is 0 Å². The zero-order valence-electron chi connectivity index (χ0n) is 12.9. The van der Waals surface area contributed by atoms with Crippen LogP contribution in [0, 0.1) is 0 Å². The van der Waals surface area contributed by atoms with Crippen molar-refractivity contribution in [2.75, 3.05) is 0 Å². The Bertz CT molecular complexity index is 705. The van der Waals surface area contributed by atoms with Crippen molar-refractivity contribution in [1.82, 2.24) is 9.71 Å². The van der Waals surface area contributed by atoms with E-state index in [0.29, 0.717) is 5.69 Å². The molecule has 2 aromatic rings. The molecule has 1 heterocycles. The lowest BCUT2D eigenvalue weighted by molar-refractivity contribution is 0.131. The SMILES string of the molecule is CC(C)(C)Oc1cccc(CNS(=O)(=O)Cc2cscn2)c1. The van der Waals surface area contributed by atoms with Gasteiger partial charge in [-0.3, -0.25) is 0 Å².